The summed E-state index contributed by atoms with van der Waals surface area (Å²) in [5, 5.41) is 0. The van der Waals surface area contributed by atoms with Crippen LogP contribution in [0.5, 0.6) is 0 Å². The van der Waals surface area contributed by atoms with Crippen LogP contribution in [-0.2, 0) is 27.2 Å². The second-order valence-corrected chi connectivity index (χ2v) is 8.37. The number of hydrogen-bond donors (Lipinski definition) is 0. The minimum atomic E-state index is 0.0738. The highest BCUT2D eigenvalue weighted by Gasteiger charge is 2.31. The molecule has 0 spiro atoms. The van der Waals surface area contributed by atoms with Crippen molar-refractivity contribution < 1.29 is 14.3 Å². The van der Waals surface area contributed by atoms with Crippen LogP contribution in [0, 0.1) is 5.92 Å². The van der Waals surface area contributed by atoms with Gasteiger partial charge < -0.3 is 14.4 Å². The summed E-state index contributed by atoms with van der Waals surface area (Å²) in [5.74, 6) is 0.651. The number of nitrogens with zero attached hydrogens (tertiary/aromatic N) is 2. The predicted molar refractivity (Wildman–Crippen MR) is 110 cm³/mol. The van der Waals surface area contributed by atoms with E-state index in [0.717, 1.165) is 32.5 Å². The van der Waals surface area contributed by atoms with Crippen LogP contribution in [0.4, 0.5) is 0 Å². The fourth-order valence-electron chi connectivity index (χ4n) is 4.64. The quantitative estimate of drug-likeness (QED) is 0.655. The summed E-state index contributed by atoms with van der Waals surface area (Å²) in [6, 6.07) is 9.40. The van der Waals surface area contributed by atoms with E-state index in [1.807, 2.05) is 4.90 Å². The summed E-state index contributed by atoms with van der Waals surface area (Å²) in [7, 11) is 1.67. The van der Waals surface area contributed by atoms with E-state index in [2.05, 4.69) is 29.2 Å². The lowest BCUT2D eigenvalue weighted by Gasteiger charge is -2.38. The van der Waals surface area contributed by atoms with E-state index in [1.165, 1.54) is 24.0 Å². The third kappa shape index (κ3) is 5.65. The van der Waals surface area contributed by atoms with Crippen molar-refractivity contribution in [3.63, 3.8) is 0 Å². The number of ketones is 1. The van der Waals surface area contributed by atoms with Gasteiger partial charge in [0, 0.05) is 45.6 Å². The van der Waals surface area contributed by atoms with Crippen LogP contribution >= 0.6 is 0 Å². The Morgan fingerprint density at radius 2 is 1.89 bits per heavy atom. The number of rotatable bonds is 9. The molecule has 1 aromatic carbocycles. The van der Waals surface area contributed by atoms with Gasteiger partial charge in [0.25, 0.3) is 0 Å². The Morgan fingerprint density at radius 1 is 1.18 bits per heavy atom. The van der Waals surface area contributed by atoms with Gasteiger partial charge in [-0.1, -0.05) is 24.3 Å². The molecule has 0 aromatic heterocycles. The lowest BCUT2D eigenvalue weighted by atomic mass is 9.95. The van der Waals surface area contributed by atoms with Crippen LogP contribution in [0.2, 0.25) is 0 Å². The zero-order chi connectivity index (χ0) is 19.9. The number of carbonyl (C=O) groups is 2. The van der Waals surface area contributed by atoms with Gasteiger partial charge in [0.1, 0.15) is 5.78 Å². The van der Waals surface area contributed by atoms with Crippen LogP contribution in [0.3, 0.4) is 0 Å². The number of likely N-dealkylation sites (tertiary alicyclic amines) is 1. The minimum absolute atomic E-state index is 0.0738. The first kappa shape index (κ1) is 21.0. The molecule has 1 aliphatic carbocycles. The number of Topliss-reactive ketones (excluding diaryl/α,β-unsaturated/α-hetero) is 1. The van der Waals surface area contributed by atoms with Gasteiger partial charge in [0.15, 0.2) is 0 Å². The van der Waals surface area contributed by atoms with Crippen molar-refractivity contribution in [3.05, 3.63) is 35.4 Å². The third-order valence-electron chi connectivity index (χ3n) is 6.18. The van der Waals surface area contributed by atoms with E-state index in [0.29, 0.717) is 38.0 Å². The zero-order valence-corrected chi connectivity index (χ0v) is 17.4. The van der Waals surface area contributed by atoms with Crippen molar-refractivity contribution in [3.8, 4) is 0 Å². The maximum absolute atomic E-state index is 12.6. The summed E-state index contributed by atoms with van der Waals surface area (Å²) in [5.41, 5.74) is 2.99. The molecule has 5 nitrogen and oxygen atoms in total. The summed E-state index contributed by atoms with van der Waals surface area (Å²) in [6.45, 7) is 5.69. The fraction of sp³-hybridized carbons (Fsp3) is 0.652. The molecule has 0 N–H and O–H groups in total. The smallest absolute Gasteiger partial charge is 0.223 e. The largest absolute Gasteiger partial charge is 0.383 e. The van der Waals surface area contributed by atoms with E-state index >= 15 is 0 Å². The van der Waals surface area contributed by atoms with Gasteiger partial charge in [0.05, 0.1) is 6.61 Å². The van der Waals surface area contributed by atoms with Gasteiger partial charge >= 0.3 is 0 Å². The Labute approximate surface area is 169 Å². The van der Waals surface area contributed by atoms with Crippen molar-refractivity contribution in [1.29, 1.82) is 0 Å². The maximum Gasteiger partial charge on any atom is 0.223 e. The Hall–Kier alpha value is -1.72. The molecule has 154 valence electrons. The number of fused-ring (bicyclic) bond motifs is 1. The molecule has 1 atom stereocenters. The normalized spacial score (nSPS) is 20.1. The standard InChI is InChI=1S/C23H34N2O3/c1-18(26)9-10-23(27)25(12-13-28-2)17-19-6-5-11-24(16-19)22-14-20-7-3-4-8-21(20)15-22/h3-4,7-8,19,22H,5-6,9-17H2,1-2H3/t19-/m1/s1. The van der Waals surface area contributed by atoms with Crippen molar-refractivity contribution in [2.45, 2.75) is 51.5 Å². The Morgan fingerprint density at radius 3 is 2.54 bits per heavy atom. The maximum atomic E-state index is 12.6. The Bertz CT molecular complexity index is 651. The van der Waals surface area contributed by atoms with Crippen molar-refractivity contribution >= 4 is 11.7 Å². The van der Waals surface area contributed by atoms with Gasteiger partial charge in [0.2, 0.25) is 5.91 Å². The zero-order valence-electron chi connectivity index (χ0n) is 17.4. The topological polar surface area (TPSA) is 49.9 Å². The number of benzene rings is 1. The average molecular weight is 387 g/mol. The number of piperidine rings is 1. The van der Waals surface area contributed by atoms with Crippen molar-refractivity contribution in [2.24, 2.45) is 5.92 Å². The van der Waals surface area contributed by atoms with Crippen LogP contribution in [0.15, 0.2) is 24.3 Å². The molecule has 28 heavy (non-hydrogen) atoms. The molecule has 5 heteroatoms. The molecule has 1 heterocycles. The molecule has 0 unspecified atom stereocenters. The number of amides is 1. The summed E-state index contributed by atoms with van der Waals surface area (Å²) < 4.78 is 5.20. The van der Waals surface area contributed by atoms with Crippen LogP contribution in [0.1, 0.15) is 43.7 Å². The SMILES string of the molecule is COCCN(C[C@@H]1CCCN(C2Cc3ccccc3C2)C1)C(=O)CCC(C)=O. The van der Waals surface area contributed by atoms with Crippen LogP contribution in [-0.4, -0.2) is 67.4 Å². The molecule has 1 saturated heterocycles. The summed E-state index contributed by atoms with van der Waals surface area (Å²) in [6.07, 6.45) is 5.30. The van der Waals surface area contributed by atoms with Crippen LogP contribution < -0.4 is 0 Å². The van der Waals surface area contributed by atoms with Gasteiger partial charge in [-0.3, -0.25) is 9.69 Å². The number of ether oxygens (including phenoxy) is 1. The first-order valence-electron chi connectivity index (χ1n) is 10.6. The Kier molecular flexibility index (Phi) is 7.63. The molecular formula is C23H34N2O3. The first-order chi connectivity index (χ1) is 13.6. The monoisotopic (exact) mass is 386 g/mol. The molecule has 1 aromatic rings. The summed E-state index contributed by atoms with van der Waals surface area (Å²) in [4.78, 5) is 28.4. The molecule has 1 fully saturated rings. The Balaban J connectivity index is 1.56. The highest BCUT2D eigenvalue weighted by Crippen LogP contribution is 2.29. The molecule has 3 rings (SSSR count). The van der Waals surface area contributed by atoms with Crippen LogP contribution in [0.25, 0.3) is 0 Å². The van der Waals surface area contributed by atoms with E-state index in [9.17, 15) is 9.59 Å². The van der Waals surface area contributed by atoms with Gasteiger partial charge in [-0.15, -0.1) is 0 Å². The minimum Gasteiger partial charge on any atom is -0.383 e. The number of methoxy groups -OCH3 is 1. The molecule has 2 aliphatic rings. The highest BCUT2D eigenvalue weighted by molar-refractivity contribution is 5.83. The van der Waals surface area contributed by atoms with Crippen molar-refractivity contribution in [2.75, 3.05) is 39.9 Å². The molecule has 0 saturated carbocycles. The lowest BCUT2D eigenvalue weighted by Crippen LogP contribution is -2.47. The van der Waals surface area contributed by atoms with Crippen molar-refractivity contribution in [1.82, 2.24) is 9.80 Å². The molecule has 1 amide bonds. The van der Waals surface area contributed by atoms with Gasteiger partial charge in [-0.2, -0.15) is 0 Å². The number of carbonyl (C=O) groups excluding carboxylic acids is 2. The number of hydrogen-bond acceptors (Lipinski definition) is 4. The molecule has 0 radical (unpaired) electrons. The molecule has 0 bridgehead atoms. The third-order valence-corrected chi connectivity index (χ3v) is 6.18. The van der Waals surface area contributed by atoms with Gasteiger partial charge in [-0.25, -0.2) is 0 Å². The second kappa shape index (κ2) is 10.2. The fourth-order valence-corrected chi connectivity index (χ4v) is 4.64. The first-order valence-corrected chi connectivity index (χ1v) is 10.6. The van der Waals surface area contributed by atoms with Gasteiger partial charge in [-0.05, 0) is 56.2 Å². The van der Waals surface area contributed by atoms with E-state index < -0.39 is 0 Å². The second-order valence-electron chi connectivity index (χ2n) is 8.37. The molecule has 1 aliphatic heterocycles. The average Bonchev–Trinajstić information content (AvgIpc) is 3.14. The van der Waals surface area contributed by atoms with E-state index in [-0.39, 0.29) is 11.7 Å². The summed E-state index contributed by atoms with van der Waals surface area (Å²) >= 11 is 0. The molecular weight excluding hydrogens is 352 g/mol. The van der Waals surface area contributed by atoms with E-state index in [1.54, 1.807) is 14.0 Å². The highest BCUT2D eigenvalue weighted by atomic mass is 16.5. The predicted octanol–water partition coefficient (Wildman–Crippen LogP) is 2.71. The van der Waals surface area contributed by atoms with E-state index in [4.69, 9.17) is 4.74 Å². The lowest BCUT2D eigenvalue weighted by molar-refractivity contribution is -0.134.